The van der Waals surface area contributed by atoms with Gasteiger partial charge in [-0.1, -0.05) is 24.3 Å². The highest BCUT2D eigenvalue weighted by atomic mass is 16.5. The number of methoxy groups -OCH3 is 3. The van der Waals surface area contributed by atoms with E-state index in [4.69, 9.17) is 18.9 Å². The van der Waals surface area contributed by atoms with Crippen molar-refractivity contribution in [3.8, 4) is 17.2 Å². The number of hydrogen-bond acceptors (Lipinski definition) is 7. The fraction of sp³-hybridized carbons (Fsp3) is 0.250. The second-order valence-electron chi connectivity index (χ2n) is 8.00. The first-order valence-electron chi connectivity index (χ1n) is 11.9. The van der Waals surface area contributed by atoms with Crippen molar-refractivity contribution >= 4 is 35.0 Å². The van der Waals surface area contributed by atoms with Crippen molar-refractivity contribution < 1.29 is 33.3 Å². The molecule has 0 aliphatic heterocycles. The molecule has 0 saturated heterocycles. The van der Waals surface area contributed by atoms with Gasteiger partial charge in [-0.15, -0.1) is 0 Å². The first kappa shape index (κ1) is 27.9. The van der Waals surface area contributed by atoms with E-state index in [1.54, 1.807) is 37.3 Å². The molecule has 0 bridgehead atoms. The lowest BCUT2D eigenvalue weighted by Crippen LogP contribution is -2.19. The minimum atomic E-state index is -0.582. The van der Waals surface area contributed by atoms with Crippen LogP contribution in [0.3, 0.4) is 0 Å². The molecule has 3 amide bonds. The van der Waals surface area contributed by atoms with Crippen molar-refractivity contribution in [2.45, 2.75) is 19.8 Å². The van der Waals surface area contributed by atoms with Crippen LogP contribution in [0.1, 0.15) is 29.3 Å². The van der Waals surface area contributed by atoms with Crippen LogP contribution >= 0.6 is 0 Å². The van der Waals surface area contributed by atoms with Crippen LogP contribution in [-0.4, -0.2) is 45.8 Å². The van der Waals surface area contributed by atoms with E-state index >= 15 is 0 Å². The molecule has 3 aromatic carbocycles. The van der Waals surface area contributed by atoms with Crippen molar-refractivity contribution in [3.63, 3.8) is 0 Å². The van der Waals surface area contributed by atoms with Gasteiger partial charge < -0.3 is 34.9 Å². The number of rotatable bonds is 11. The Labute approximate surface area is 221 Å². The van der Waals surface area contributed by atoms with Crippen molar-refractivity contribution in [2.24, 2.45) is 0 Å². The lowest BCUT2D eigenvalue weighted by Gasteiger charge is -2.15. The minimum Gasteiger partial charge on any atom is -0.495 e. The second kappa shape index (κ2) is 13.5. The quantitative estimate of drug-likeness (QED) is 0.300. The highest BCUT2D eigenvalue weighted by Crippen LogP contribution is 2.34. The van der Waals surface area contributed by atoms with Gasteiger partial charge in [-0.3, -0.25) is 4.79 Å². The number of amides is 3. The molecule has 0 radical (unpaired) electrons. The summed E-state index contributed by atoms with van der Waals surface area (Å²) in [7, 11) is 4.46. The van der Waals surface area contributed by atoms with Gasteiger partial charge in [-0.25, -0.2) is 9.59 Å². The molecule has 0 saturated carbocycles. The van der Waals surface area contributed by atoms with Crippen LogP contribution in [0.15, 0.2) is 60.7 Å². The Morgan fingerprint density at radius 3 is 2.05 bits per heavy atom. The van der Waals surface area contributed by atoms with Gasteiger partial charge in [0, 0.05) is 24.2 Å². The number of urea groups is 1. The molecule has 0 unspecified atom stereocenters. The predicted molar refractivity (Wildman–Crippen MR) is 145 cm³/mol. The first-order valence-corrected chi connectivity index (χ1v) is 11.9. The van der Waals surface area contributed by atoms with E-state index in [2.05, 4.69) is 16.0 Å². The van der Waals surface area contributed by atoms with Gasteiger partial charge in [0.25, 0.3) is 0 Å². The summed E-state index contributed by atoms with van der Waals surface area (Å²) >= 11 is 0. The van der Waals surface area contributed by atoms with Crippen LogP contribution in [-0.2, 0) is 16.0 Å². The maximum Gasteiger partial charge on any atom is 0.340 e. The fourth-order valence-electron chi connectivity index (χ4n) is 3.62. The largest absolute Gasteiger partial charge is 0.495 e. The molecular weight excluding hydrogens is 490 g/mol. The summed E-state index contributed by atoms with van der Waals surface area (Å²) < 4.78 is 20.9. The Bertz CT molecular complexity index is 1280. The maximum absolute atomic E-state index is 12.7. The van der Waals surface area contributed by atoms with Crippen LogP contribution < -0.4 is 30.2 Å². The summed E-state index contributed by atoms with van der Waals surface area (Å²) in [6, 6.07) is 16.9. The predicted octanol–water partition coefficient (Wildman–Crippen LogP) is 5.10. The average Bonchev–Trinajstić information content (AvgIpc) is 2.92. The Morgan fingerprint density at radius 2 is 1.39 bits per heavy atom. The summed E-state index contributed by atoms with van der Waals surface area (Å²) in [5.74, 6) is 0.397. The van der Waals surface area contributed by atoms with Crippen molar-refractivity contribution in [2.75, 3.05) is 43.9 Å². The second-order valence-corrected chi connectivity index (χ2v) is 8.00. The third kappa shape index (κ3) is 7.39. The lowest BCUT2D eigenvalue weighted by atomic mass is 10.1. The third-order valence-corrected chi connectivity index (χ3v) is 5.50. The molecule has 0 aliphatic carbocycles. The molecule has 0 spiro atoms. The molecule has 38 heavy (non-hydrogen) atoms. The van der Waals surface area contributed by atoms with Gasteiger partial charge in [0.1, 0.15) is 5.75 Å². The van der Waals surface area contributed by atoms with Crippen molar-refractivity contribution in [1.82, 2.24) is 0 Å². The zero-order chi connectivity index (χ0) is 27.5. The van der Waals surface area contributed by atoms with Gasteiger partial charge in [0.15, 0.2) is 11.5 Å². The number of esters is 1. The van der Waals surface area contributed by atoms with E-state index < -0.39 is 12.0 Å². The van der Waals surface area contributed by atoms with E-state index in [0.717, 1.165) is 5.56 Å². The van der Waals surface area contributed by atoms with Crippen LogP contribution in [0.2, 0.25) is 0 Å². The monoisotopic (exact) mass is 521 g/mol. The van der Waals surface area contributed by atoms with Crippen molar-refractivity contribution in [3.05, 3.63) is 71.8 Å². The number of benzene rings is 3. The lowest BCUT2D eigenvalue weighted by molar-refractivity contribution is -0.116. The summed E-state index contributed by atoms with van der Waals surface area (Å²) in [5, 5.41) is 8.27. The topological polar surface area (TPSA) is 124 Å². The zero-order valence-electron chi connectivity index (χ0n) is 21.8. The minimum absolute atomic E-state index is 0.164. The summed E-state index contributed by atoms with van der Waals surface area (Å²) in [6.45, 7) is 1.89. The summed E-state index contributed by atoms with van der Waals surface area (Å²) in [5.41, 5.74) is 2.48. The van der Waals surface area contributed by atoms with Crippen LogP contribution in [0.4, 0.5) is 21.9 Å². The summed E-state index contributed by atoms with van der Waals surface area (Å²) in [6.07, 6.45) is 0.610. The number of carbonyl (C=O) groups excluding carboxylic acids is 3. The van der Waals surface area contributed by atoms with Crippen LogP contribution in [0.5, 0.6) is 17.2 Å². The third-order valence-electron chi connectivity index (χ3n) is 5.50. The molecule has 0 aliphatic rings. The van der Waals surface area contributed by atoms with Gasteiger partial charge in [0.05, 0.1) is 44.9 Å². The number of ether oxygens (including phenoxy) is 4. The van der Waals surface area contributed by atoms with Crippen LogP contribution in [0, 0.1) is 0 Å². The molecular formula is C28H31N3O7. The SMILES string of the molecule is CCOC(=O)c1cc(OC)c(OC)cc1NC(=O)CCc1ccc(NC(=O)Nc2ccccc2OC)cc1. The molecule has 0 fully saturated rings. The van der Waals surface area contributed by atoms with E-state index in [0.29, 0.717) is 35.0 Å². The number of nitrogens with one attached hydrogen (secondary N) is 3. The van der Waals surface area contributed by atoms with E-state index in [1.807, 2.05) is 18.2 Å². The summed E-state index contributed by atoms with van der Waals surface area (Å²) in [4.78, 5) is 37.5. The first-order chi connectivity index (χ1) is 18.4. The number of aryl methyl sites for hydroxylation is 1. The maximum atomic E-state index is 12.7. The highest BCUT2D eigenvalue weighted by Gasteiger charge is 2.19. The fourth-order valence-corrected chi connectivity index (χ4v) is 3.62. The number of anilines is 3. The Balaban J connectivity index is 1.59. The van der Waals surface area contributed by atoms with Gasteiger partial charge >= 0.3 is 12.0 Å². The zero-order valence-corrected chi connectivity index (χ0v) is 21.8. The Morgan fingerprint density at radius 1 is 0.737 bits per heavy atom. The molecule has 200 valence electrons. The molecule has 3 rings (SSSR count). The van der Waals surface area contributed by atoms with E-state index in [-0.39, 0.29) is 30.2 Å². The number of hydrogen-bond donors (Lipinski definition) is 3. The normalized spacial score (nSPS) is 10.2. The molecule has 0 atom stereocenters. The highest BCUT2D eigenvalue weighted by molar-refractivity contribution is 6.02. The molecule has 0 aromatic heterocycles. The number of carbonyl (C=O) groups is 3. The molecule has 10 nitrogen and oxygen atoms in total. The smallest absolute Gasteiger partial charge is 0.340 e. The van der Waals surface area contributed by atoms with E-state index in [1.165, 1.54) is 33.5 Å². The van der Waals surface area contributed by atoms with Crippen LogP contribution in [0.25, 0.3) is 0 Å². The molecule has 3 aromatic rings. The van der Waals surface area contributed by atoms with Gasteiger partial charge in [-0.05, 0) is 43.2 Å². The molecule has 0 heterocycles. The Hall–Kier alpha value is -4.73. The Kier molecular flexibility index (Phi) is 9.93. The number of para-hydroxylation sites is 2. The average molecular weight is 522 g/mol. The van der Waals surface area contributed by atoms with Gasteiger partial charge in [-0.2, -0.15) is 0 Å². The molecule has 3 N–H and O–H groups in total. The molecule has 10 heteroatoms. The van der Waals surface area contributed by atoms with Gasteiger partial charge in [0.2, 0.25) is 5.91 Å². The van der Waals surface area contributed by atoms with Crippen molar-refractivity contribution in [1.29, 1.82) is 0 Å². The standard InChI is InChI=1S/C28H31N3O7/c1-5-38-27(33)20-16-24(36-3)25(37-4)17-22(20)30-26(32)15-12-18-10-13-19(14-11-18)29-28(34)31-21-8-6-7-9-23(21)35-2/h6-11,13-14,16-17H,5,12,15H2,1-4H3,(H,30,32)(H2,29,31,34). The van der Waals surface area contributed by atoms with E-state index in [9.17, 15) is 14.4 Å².